The highest BCUT2D eigenvalue weighted by atomic mass is 127. The van der Waals surface area contributed by atoms with Crippen LogP contribution in [-0.4, -0.2) is 26.2 Å². The molecule has 0 bridgehead atoms. The third-order valence-electron chi connectivity index (χ3n) is 2.79. The molecule has 0 spiro atoms. The molecule has 0 heterocycles. The molecule has 0 aromatic heterocycles. The zero-order valence-electron chi connectivity index (χ0n) is 12.6. The first-order chi connectivity index (χ1) is 9.31. The summed E-state index contributed by atoms with van der Waals surface area (Å²) in [5.74, 6) is 0.841. The van der Waals surface area contributed by atoms with E-state index in [9.17, 15) is 0 Å². The predicted molar refractivity (Wildman–Crippen MR) is 95.7 cm³/mol. The molecule has 0 radical (unpaired) electrons. The summed E-state index contributed by atoms with van der Waals surface area (Å²) in [5, 5.41) is 6.58. The second-order valence-electron chi connectivity index (χ2n) is 4.26. The minimum Gasteiger partial charge on any atom is -0.377 e. The molecule has 5 heteroatoms. The van der Waals surface area contributed by atoms with Crippen molar-refractivity contribution in [1.29, 1.82) is 0 Å². The van der Waals surface area contributed by atoms with Gasteiger partial charge in [0.25, 0.3) is 0 Å². The average molecular weight is 391 g/mol. The van der Waals surface area contributed by atoms with Gasteiger partial charge in [-0.1, -0.05) is 31.2 Å². The molecule has 1 aromatic carbocycles. The van der Waals surface area contributed by atoms with E-state index in [0.717, 1.165) is 32.1 Å². The highest BCUT2D eigenvalue weighted by Gasteiger charge is 2.03. The van der Waals surface area contributed by atoms with Crippen molar-refractivity contribution in [3.63, 3.8) is 0 Å². The van der Waals surface area contributed by atoms with Crippen molar-refractivity contribution in [2.45, 2.75) is 33.4 Å². The molecule has 0 aliphatic heterocycles. The molecule has 0 saturated carbocycles. The zero-order valence-corrected chi connectivity index (χ0v) is 14.9. The molecule has 0 saturated heterocycles. The van der Waals surface area contributed by atoms with Crippen LogP contribution in [0.25, 0.3) is 0 Å². The van der Waals surface area contributed by atoms with Gasteiger partial charge < -0.3 is 15.4 Å². The predicted octanol–water partition coefficient (Wildman–Crippen LogP) is 2.92. The maximum atomic E-state index is 5.48. The van der Waals surface area contributed by atoms with E-state index in [4.69, 9.17) is 4.74 Å². The Labute approximate surface area is 139 Å². The number of ether oxygens (including phenoxy) is 1. The van der Waals surface area contributed by atoms with Crippen LogP contribution < -0.4 is 10.6 Å². The van der Waals surface area contributed by atoms with Crippen LogP contribution in [0.4, 0.5) is 0 Å². The number of halogens is 1. The number of hydrogen-bond donors (Lipinski definition) is 2. The number of nitrogens with zero attached hydrogens (tertiary/aromatic N) is 1. The Morgan fingerprint density at radius 2 is 1.85 bits per heavy atom. The van der Waals surface area contributed by atoms with Gasteiger partial charge in [-0.25, -0.2) is 0 Å². The Morgan fingerprint density at radius 3 is 2.45 bits per heavy atom. The standard InChI is InChI=1S/C15H25N3O.HI/c1-4-10-17-15(16-3)18-11-13-8-6-7-9-14(13)12-19-5-2;/h6-9H,4-5,10-12H2,1-3H3,(H2,16,17,18);1H. The third-order valence-corrected chi connectivity index (χ3v) is 2.79. The van der Waals surface area contributed by atoms with Gasteiger partial charge in [0.1, 0.15) is 0 Å². The Hall–Kier alpha value is -0.820. The summed E-state index contributed by atoms with van der Waals surface area (Å²) in [7, 11) is 1.79. The van der Waals surface area contributed by atoms with Gasteiger partial charge >= 0.3 is 0 Å². The van der Waals surface area contributed by atoms with E-state index in [1.54, 1.807) is 7.05 Å². The van der Waals surface area contributed by atoms with Crippen molar-refractivity contribution in [2.24, 2.45) is 4.99 Å². The molecule has 2 N–H and O–H groups in total. The van der Waals surface area contributed by atoms with E-state index >= 15 is 0 Å². The fraction of sp³-hybridized carbons (Fsp3) is 0.533. The largest absolute Gasteiger partial charge is 0.377 e. The highest BCUT2D eigenvalue weighted by molar-refractivity contribution is 14.0. The first kappa shape index (κ1) is 19.2. The van der Waals surface area contributed by atoms with Gasteiger partial charge in [0.2, 0.25) is 0 Å². The van der Waals surface area contributed by atoms with Crippen LogP contribution in [0.2, 0.25) is 0 Å². The van der Waals surface area contributed by atoms with E-state index in [-0.39, 0.29) is 24.0 Å². The molecule has 1 rings (SSSR count). The van der Waals surface area contributed by atoms with Crippen LogP contribution in [0.5, 0.6) is 0 Å². The molecule has 0 aliphatic rings. The molecule has 1 aromatic rings. The second kappa shape index (κ2) is 12.0. The number of aliphatic imine (C=N–C) groups is 1. The lowest BCUT2D eigenvalue weighted by Crippen LogP contribution is -2.37. The second-order valence-corrected chi connectivity index (χ2v) is 4.26. The SMILES string of the molecule is CCCNC(=NC)NCc1ccccc1COCC.I. The smallest absolute Gasteiger partial charge is 0.191 e. The van der Waals surface area contributed by atoms with E-state index in [1.165, 1.54) is 11.1 Å². The van der Waals surface area contributed by atoms with Crippen molar-refractivity contribution < 1.29 is 4.74 Å². The lowest BCUT2D eigenvalue weighted by Gasteiger charge is -2.13. The third kappa shape index (κ3) is 7.09. The Balaban J connectivity index is 0.00000361. The van der Waals surface area contributed by atoms with Crippen molar-refractivity contribution in [3.8, 4) is 0 Å². The van der Waals surface area contributed by atoms with Gasteiger partial charge in [0.15, 0.2) is 5.96 Å². The summed E-state index contributed by atoms with van der Waals surface area (Å²) in [5.41, 5.74) is 2.47. The Kier molecular flexibility index (Phi) is 11.5. The number of nitrogens with one attached hydrogen (secondary N) is 2. The van der Waals surface area contributed by atoms with Gasteiger partial charge in [-0.2, -0.15) is 0 Å². The van der Waals surface area contributed by atoms with Crippen molar-refractivity contribution in [1.82, 2.24) is 10.6 Å². The number of rotatable bonds is 7. The topological polar surface area (TPSA) is 45.7 Å². The van der Waals surface area contributed by atoms with Gasteiger partial charge in [-0.3, -0.25) is 4.99 Å². The van der Waals surface area contributed by atoms with Crippen molar-refractivity contribution >= 4 is 29.9 Å². The molecular weight excluding hydrogens is 365 g/mol. The number of benzene rings is 1. The zero-order chi connectivity index (χ0) is 13.9. The lowest BCUT2D eigenvalue weighted by atomic mass is 10.1. The Bertz CT molecular complexity index is 396. The van der Waals surface area contributed by atoms with Crippen LogP contribution in [0.3, 0.4) is 0 Å². The summed E-state index contributed by atoms with van der Waals surface area (Å²) >= 11 is 0. The minimum atomic E-state index is 0. The minimum absolute atomic E-state index is 0. The van der Waals surface area contributed by atoms with E-state index in [0.29, 0.717) is 6.61 Å². The summed E-state index contributed by atoms with van der Waals surface area (Å²) in [6.07, 6.45) is 1.08. The molecule has 114 valence electrons. The number of hydrogen-bond acceptors (Lipinski definition) is 2. The molecule has 0 fully saturated rings. The average Bonchev–Trinajstić information content (AvgIpc) is 2.46. The molecule has 20 heavy (non-hydrogen) atoms. The van der Waals surface area contributed by atoms with E-state index < -0.39 is 0 Å². The summed E-state index contributed by atoms with van der Waals surface area (Å²) in [6.45, 7) is 7.23. The van der Waals surface area contributed by atoms with Gasteiger partial charge in [-0.15, -0.1) is 24.0 Å². The quantitative estimate of drug-likeness (QED) is 0.427. The first-order valence-electron chi connectivity index (χ1n) is 6.90. The van der Waals surface area contributed by atoms with Gasteiger partial charge in [-0.05, 0) is 24.5 Å². The van der Waals surface area contributed by atoms with Gasteiger partial charge in [0, 0.05) is 26.7 Å². The highest BCUT2D eigenvalue weighted by Crippen LogP contribution is 2.09. The number of guanidine groups is 1. The molecule has 0 aliphatic carbocycles. The van der Waals surface area contributed by atoms with Crippen LogP contribution >= 0.6 is 24.0 Å². The summed E-state index contributed by atoms with van der Waals surface area (Å²) in [6, 6.07) is 8.32. The molecular formula is C15H26IN3O. The molecule has 0 unspecified atom stereocenters. The fourth-order valence-electron chi connectivity index (χ4n) is 1.73. The van der Waals surface area contributed by atoms with E-state index in [2.05, 4.69) is 40.7 Å². The maximum absolute atomic E-state index is 5.48. The van der Waals surface area contributed by atoms with Crippen molar-refractivity contribution in [2.75, 3.05) is 20.2 Å². The summed E-state index contributed by atoms with van der Waals surface area (Å²) < 4.78 is 5.48. The van der Waals surface area contributed by atoms with Crippen LogP contribution in [0, 0.1) is 0 Å². The van der Waals surface area contributed by atoms with Gasteiger partial charge in [0.05, 0.1) is 6.61 Å². The van der Waals surface area contributed by atoms with Crippen LogP contribution in [-0.2, 0) is 17.9 Å². The molecule has 4 nitrogen and oxygen atoms in total. The molecule has 0 amide bonds. The Morgan fingerprint density at radius 1 is 1.15 bits per heavy atom. The summed E-state index contributed by atoms with van der Waals surface area (Å²) in [4.78, 5) is 4.20. The fourth-order valence-corrected chi connectivity index (χ4v) is 1.73. The van der Waals surface area contributed by atoms with Crippen LogP contribution in [0.15, 0.2) is 29.3 Å². The van der Waals surface area contributed by atoms with Crippen molar-refractivity contribution in [3.05, 3.63) is 35.4 Å². The van der Waals surface area contributed by atoms with E-state index in [1.807, 2.05) is 13.0 Å². The molecule has 0 atom stereocenters. The normalized spacial score (nSPS) is 10.8. The maximum Gasteiger partial charge on any atom is 0.191 e. The van der Waals surface area contributed by atoms with Crippen LogP contribution in [0.1, 0.15) is 31.4 Å². The monoisotopic (exact) mass is 391 g/mol. The lowest BCUT2D eigenvalue weighted by molar-refractivity contribution is 0.133. The first-order valence-corrected chi connectivity index (χ1v) is 6.90.